The SMILES string of the molecule is CCCCCCCCCCCCCC(C)[N+](C)(C)CCCCCCCCCC.[Cl-]. The third-order valence-electron chi connectivity index (χ3n) is 7.01. The molecule has 2 heteroatoms. The molecule has 0 aromatic heterocycles. The number of hydrogen-bond acceptors (Lipinski definition) is 0. The van der Waals surface area contributed by atoms with Crippen LogP contribution in [0.2, 0.25) is 0 Å². The first-order chi connectivity index (χ1) is 13.5. The van der Waals surface area contributed by atoms with Crippen LogP contribution in [0, 0.1) is 0 Å². The van der Waals surface area contributed by atoms with Crippen LogP contribution in [0.1, 0.15) is 149 Å². The Morgan fingerprint density at radius 2 is 0.793 bits per heavy atom. The predicted molar refractivity (Wildman–Crippen MR) is 130 cm³/mol. The van der Waals surface area contributed by atoms with E-state index in [0.717, 1.165) is 6.04 Å². The van der Waals surface area contributed by atoms with Crippen LogP contribution >= 0.6 is 0 Å². The highest BCUT2D eigenvalue weighted by molar-refractivity contribution is 4.55. The Hall–Kier alpha value is 0.250. The van der Waals surface area contributed by atoms with Gasteiger partial charge < -0.3 is 16.9 Å². The molecule has 0 fully saturated rings. The van der Waals surface area contributed by atoms with E-state index in [4.69, 9.17) is 0 Å². The summed E-state index contributed by atoms with van der Waals surface area (Å²) in [5.41, 5.74) is 0. The van der Waals surface area contributed by atoms with Gasteiger partial charge in [0, 0.05) is 0 Å². The molecule has 0 spiro atoms. The van der Waals surface area contributed by atoms with Crippen molar-refractivity contribution in [1.82, 2.24) is 0 Å². The molecule has 0 aromatic rings. The molecule has 0 aliphatic rings. The van der Waals surface area contributed by atoms with Crippen molar-refractivity contribution in [2.24, 2.45) is 0 Å². The van der Waals surface area contributed by atoms with Gasteiger partial charge in [-0.1, -0.05) is 117 Å². The van der Waals surface area contributed by atoms with Gasteiger partial charge in [-0.2, -0.15) is 0 Å². The first-order valence-electron chi connectivity index (χ1n) is 13.4. The fourth-order valence-electron chi connectivity index (χ4n) is 4.33. The maximum absolute atomic E-state index is 2.49. The Bertz CT molecular complexity index is 303. The summed E-state index contributed by atoms with van der Waals surface area (Å²) in [6.45, 7) is 8.46. The summed E-state index contributed by atoms with van der Waals surface area (Å²) in [6, 6.07) is 0.822. The van der Waals surface area contributed by atoms with Crippen LogP contribution in [0.5, 0.6) is 0 Å². The average molecular weight is 432 g/mol. The second-order valence-corrected chi connectivity index (χ2v) is 10.2. The molecule has 29 heavy (non-hydrogen) atoms. The highest BCUT2D eigenvalue weighted by Gasteiger charge is 2.22. The molecule has 0 radical (unpaired) electrons. The van der Waals surface area contributed by atoms with Gasteiger partial charge in [-0.05, 0) is 32.6 Å². The van der Waals surface area contributed by atoms with Gasteiger partial charge in [0.1, 0.15) is 0 Å². The van der Waals surface area contributed by atoms with Gasteiger partial charge in [0.25, 0.3) is 0 Å². The lowest BCUT2D eigenvalue weighted by atomic mass is 10.0. The highest BCUT2D eigenvalue weighted by Crippen LogP contribution is 2.18. The van der Waals surface area contributed by atoms with E-state index in [2.05, 4.69) is 34.9 Å². The summed E-state index contributed by atoms with van der Waals surface area (Å²) in [6.07, 6.45) is 28.9. The fraction of sp³-hybridized carbons (Fsp3) is 1.00. The summed E-state index contributed by atoms with van der Waals surface area (Å²) in [4.78, 5) is 0. The van der Waals surface area contributed by atoms with E-state index in [1.54, 1.807) is 0 Å². The van der Waals surface area contributed by atoms with Crippen LogP contribution in [0.4, 0.5) is 0 Å². The van der Waals surface area contributed by atoms with Gasteiger partial charge in [0.05, 0.1) is 26.7 Å². The molecule has 1 unspecified atom stereocenters. The van der Waals surface area contributed by atoms with Crippen molar-refractivity contribution >= 4 is 0 Å². The maximum atomic E-state index is 2.49. The topological polar surface area (TPSA) is 0 Å². The molecule has 0 bridgehead atoms. The average Bonchev–Trinajstić information content (AvgIpc) is 2.68. The monoisotopic (exact) mass is 431 g/mol. The largest absolute Gasteiger partial charge is 1.00 e. The number of unbranched alkanes of at least 4 members (excludes halogenated alkanes) is 17. The summed E-state index contributed by atoms with van der Waals surface area (Å²) in [7, 11) is 4.93. The lowest BCUT2D eigenvalue weighted by Gasteiger charge is -2.36. The molecule has 0 N–H and O–H groups in total. The van der Waals surface area contributed by atoms with E-state index in [1.165, 1.54) is 139 Å². The molecule has 178 valence electrons. The molecular weight excluding hydrogens is 374 g/mol. The number of quaternary nitrogens is 1. The van der Waals surface area contributed by atoms with Crippen LogP contribution in [0.3, 0.4) is 0 Å². The number of halogens is 1. The standard InChI is InChI=1S/C27H58N.ClH/c1-6-8-10-12-14-16-17-18-19-21-23-25-27(3)28(4,5)26-24-22-20-15-13-11-9-7-2;/h27H,6-26H2,1-5H3;1H/q+1;/p-1. The summed E-state index contributed by atoms with van der Waals surface area (Å²) in [5, 5.41) is 0. The predicted octanol–water partition coefficient (Wildman–Crippen LogP) is 6.30. The van der Waals surface area contributed by atoms with E-state index < -0.39 is 0 Å². The Kier molecular flexibility index (Phi) is 24.9. The Labute approximate surface area is 192 Å². The minimum atomic E-state index is 0. The Balaban J connectivity index is 0. The lowest BCUT2D eigenvalue weighted by Crippen LogP contribution is -3.00. The molecule has 0 saturated carbocycles. The van der Waals surface area contributed by atoms with Gasteiger partial charge in [-0.3, -0.25) is 0 Å². The van der Waals surface area contributed by atoms with E-state index in [-0.39, 0.29) is 12.4 Å². The number of nitrogens with zero attached hydrogens (tertiary/aromatic N) is 1. The summed E-state index contributed by atoms with van der Waals surface area (Å²) in [5.74, 6) is 0. The van der Waals surface area contributed by atoms with Gasteiger partial charge in [0.15, 0.2) is 0 Å². The molecule has 0 rings (SSSR count). The quantitative estimate of drug-likeness (QED) is 0.139. The maximum Gasteiger partial charge on any atom is 0.0857 e. The molecule has 1 atom stereocenters. The van der Waals surface area contributed by atoms with E-state index >= 15 is 0 Å². The Morgan fingerprint density at radius 1 is 0.483 bits per heavy atom. The zero-order valence-corrected chi connectivity index (χ0v) is 22.0. The van der Waals surface area contributed by atoms with Gasteiger partial charge in [-0.15, -0.1) is 0 Å². The zero-order chi connectivity index (χ0) is 20.9. The fourth-order valence-corrected chi connectivity index (χ4v) is 4.33. The first-order valence-corrected chi connectivity index (χ1v) is 13.4. The zero-order valence-electron chi connectivity index (χ0n) is 21.3. The van der Waals surface area contributed by atoms with Gasteiger partial charge in [-0.25, -0.2) is 0 Å². The van der Waals surface area contributed by atoms with Crippen LogP contribution in [-0.2, 0) is 0 Å². The third-order valence-corrected chi connectivity index (χ3v) is 7.01. The Morgan fingerprint density at radius 3 is 1.17 bits per heavy atom. The van der Waals surface area contributed by atoms with Crippen molar-refractivity contribution in [2.75, 3.05) is 20.6 Å². The number of rotatable bonds is 22. The molecule has 1 nitrogen and oxygen atoms in total. The summed E-state index contributed by atoms with van der Waals surface area (Å²) >= 11 is 0. The van der Waals surface area contributed by atoms with Gasteiger partial charge in [0.2, 0.25) is 0 Å². The van der Waals surface area contributed by atoms with Crippen LogP contribution in [0.15, 0.2) is 0 Å². The van der Waals surface area contributed by atoms with E-state index in [0.29, 0.717) is 0 Å². The van der Waals surface area contributed by atoms with Crippen molar-refractivity contribution in [1.29, 1.82) is 0 Å². The molecule has 0 aromatic carbocycles. The summed E-state index contributed by atoms with van der Waals surface area (Å²) < 4.78 is 1.23. The molecule has 0 aliphatic heterocycles. The second kappa shape index (κ2) is 22.9. The third kappa shape index (κ3) is 21.3. The van der Waals surface area contributed by atoms with Crippen molar-refractivity contribution in [3.8, 4) is 0 Å². The van der Waals surface area contributed by atoms with E-state index in [1.807, 2.05) is 0 Å². The molecular formula is C27H58ClN. The first kappa shape index (κ1) is 31.4. The van der Waals surface area contributed by atoms with Crippen LogP contribution < -0.4 is 12.4 Å². The van der Waals surface area contributed by atoms with Crippen molar-refractivity contribution < 1.29 is 16.9 Å². The van der Waals surface area contributed by atoms with Crippen molar-refractivity contribution in [3.63, 3.8) is 0 Å². The van der Waals surface area contributed by atoms with Crippen molar-refractivity contribution in [3.05, 3.63) is 0 Å². The van der Waals surface area contributed by atoms with Crippen LogP contribution in [0.25, 0.3) is 0 Å². The smallest absolute Gasteiger partial charge is 0.0857 e. The lowest BCUT2D eigenvalue weighted by molar-refractivity contribution is -0.913. The normalized spacial score (nSPS) is 12.7. The van der Waals surface area contributed by atoms with E-state index in [9.17, 15) is 0 Å². The number of hydrogen-bond donors (Lipinski definition) is 0. The minimum Gasteiger partial charge on any atom is -1.00 e. The van der Waals surface area contributed by atoms with Gasteiger partial charge >= 0.3 is 0 Å². The second-order valence-electron chi connectivity index (χ2n) is 10.2. The highest BCUT2D eigenvalue weighted by atomic mass is 35.5. The minimum absolute atomic E-state index is 0. The van der Waals surface area contributed by atoms with Crippen molar-refractivity contribution in [2.45, 2.75) is 155 Å². The molecule has 0 aliphatic carbocycles. The molecule has 0 saturated heterocycles. The molecule has 0 amide bonds. The molecule has 0 heterocycles. The van der Waals surface area contributed by atoms with Crippen LogP contribution in [-0.4, -0.2) is 31.2 Å².